The Hall–Kier alpha value is -1.65. The fourth-order valence-corrected chi connectivity index (χ4v) is 2.12. The van der Waals surface area contributed by atoms with Gasteiger partial charge in [0, 0.05) is 6.54 Å². The maximum Gasteiger partial charge on any atom is 0.295 e. The van der Waals surface area contributed by atoms with Crippen molar-refractivity contribution in [1.29, 1.82) is 0 Å². The van der Waals surface area contributed by atoms with Crippen molar-refractivity contribution in [2.45, 2.75) is 27.2 Å². The second kappa shape index (κ2) is 4.23. The summed E-state index contributed by atoms with van der Waals surface area (Å²) in [5, 5.41) is 13.9. The number of halogens is 1. The van der Waals surface area contributed by atoms with Gasteiger partial charge in [-0.25, -0.2) is 4.39 Å². The van der Waals surface area contributed by atoms with Crippen LogP contribution in [0.4, 0.5) is 15.8 Å². The van der Waals surface area contributed by atoms with Crippen LogP contribution in [0.15, 0.2) is 12.1 Å². The molecule has 2 rings (SSSR count). The molecule has 0 spiro atoms. The Morgan fingerprint density at radius 1 is 1.56 bits per heavy atom. The number of hydrogen-bond donors (Lipinski definition) is 1. The molecule has 98 valence electrons. The van der Waals surface area contributed by atoms with Gasteiger partial charge < -0.3 is 5.32 Å². The number of nitro benzene ring substituents is 1. The van der Waals surface area contributed by atoms with E-state index in [1.54, 1.807) is 6.92 Å². The molecule has 1 saturated carbocycles. The molecule has 1 aromatic carbocycles. The average Bonchev–Trinajstić information content (AvgIpc) is 2.87. The first-order valence-electron chi connectivity index (χ1n) is 5.99. The normalized spacial score (nSPS) is 20.6. The van der Waals surface area contributed by atoms with Crippen molar-refractivity contribution in [2.75, 3.05) is 11.9 Å². The number of rotatable bonds is 4. The van der Waals surface area contributed by atoms with Crippen LogP contribution >= 0.6 is 0 Å². The molecule has 0 heterocycles. The summed E-state index contributed by atoms with van der Waals surface area (Å²) in [5.74, 6) is -0.0125. The molecule has 0 saturated heterocycles. The summed E-state index contributed by atoms with van der Waals surface area (Å²) >= 11 is 0. The number of nitro groups is 1. The van der Waals surface area contributed by atoms with Crippen LogP contribution in [0.25, 0.3) is 0 Å². The van der Waals surface area contributed by atoms with Gasteiger partial charge in [0.25, 0.3) is 5.69 Å². The number of hydrogen-bond acceptors (Lipinski definition) is 3. The van der Waals surface area contributed by atoms with E-state index in [9.17, 15) is 14.5 Å². The van der Waals surface area contributed by atoms with E-state index < -0.39 is 10.7 Å². The number of nitrogens with one attached hydrogen (secondary N) is 1. The van der Waals surface area contributed by atoms with Gasteiger partial charge in [0.2, 0.25) is 0 Å². The monoisotopic (exact) mass is 252 g/mol. The van der Waals surface area contributed by atoms with Crippen molar-refractivity contribution in [1.82, 2.24) is 0 Å². The van der Waals surface area contributed by atoms with Crippen molar-refractivity contribution in [2.24, 2.45) is 11.3 Å². The number of benzene rings is 1. The summed E-state index contributed by atoms with van der Waals surface area (Å²) in [6.45, 7) is 6.64. The van der Waals surface area contributed by atoms with Crippen LogP contribution in [0.1, 0.15) is 25.8 Å². The standard InChI is InChI=1S/C13H17FN2O2/c1-8-4-11(12(16(17)18)5-10(8)14)15-7-9-6-13(9,2)3/h4-5,9,15H,6-7H2,1-3H3. The van der Waals surface area contributed by atoms with E-state index in [4.69, 9.17) is 0 Å². The highest BCUT2D eigenvalue weighted by atomic mass is 19.1. The maximum atomic E-state index is 13.3. The predicted octanol–water partition coefficient (Wildman–Crippen LogP) is 3.50. The summed E-state index contributed by atoms with van der Waals surface area (Å²) < 4.78 is 13.3. The Morgan fingerprint density at radius 3 is 2.67 bits per heavy atom. The van der Waals surface area contributed by atoms with Crippen molar-refractivity contribution in [3.8, 4) is 0 Å². The molecule has 1 aromatic rings. The molecule has 1 fully saturated rings. The van der Waals surface area contributed by atoms with Crippen LogP contribution in [-0.4, -0.2) is 11.5 Å². The van der Waals surface area contributed by atoms with Crippen LogP contribution in [0.2, 0.25) is 0 Å². The minimum absolute atomic E-state index is 0.198. The van der Waals surface area contributed by atoms with Gasteiger partial charge in [0.1, 0.15) is 11.5 Å². The zero-order valence-electron chi connectivity index (χ0n) is 10.8. The third-order valence-electron chi connectivity index (χ3n) is 3.73. The SMILES string of the molecule is Cc1cc(NCC2CC2(C)C)c([N+](=O)[O-])cc1F. The average molecular weight is 252 g/mol. The molecule has 1 aliphatic rings. The molecule has 1 atom stereocenters. The lowest BCUT2D eigenvalue weighted by molar-refractivity contribution is -0.384. The lowest BCUT2D eigenvalue weighted by atomic mass is 10.1. The molecule has 0 radical (unpaired) electrons. The molecule has 0 bridgehead atoms. The van der Waals surface area contributed by atoms with E-state index in [2.05, 4.69) is 19.2 Å². The zero-order chi connectivity index (χ0) is 13.5. The topological polar surface area (TPSA) is 55.2 Å². The van der Waals surface area contributed by atoms with E-state index >= 15 is 0 Å². The van der Waals surface area contributed by atoms with Gasteiger partial charge in [-0.05, 0) is 36.3 Å². The third-order valence-corrected chi connectivity index (χ3v) is 3.73. The highest BCUT2D eigenvalue weighted by Crippen LogP contribution is 2.51. The highest BCUT2D eigenvalue weighted by molar-refractivity contribution is 5.63. The van der Waals surface area contributed by atoms with Gasteiger partial charge in [-0.2, -0.15) is 0 Å². The Bertz CT molecular complexity index is 500. The van der Waals surface area contributed by atoms with E-state index in [0.717, 1.165) is 12.5 Å². The van der Waals surface area contributed by atoms with E-state index in [1.807, 2.05) is 0 Å². The number of anilines is 1. The second-order valence-electron chi connectivity index (χ2n) is 5.65. The quantitative estimate of drug-likeness (QED) is 0.659. The fourth-order valence-electron chi connectivity index (χ4n) is 2.12. The summed E-state index contributed by atoms with van der Waals surface area (Å²) in [6.07, 6.45) is 1.12. The smallest absolute Gasteiger partial charge is 0.295 e. The molecule has 0 amide bonds. The molecular formula is C13H17FN2O2. The maximum absolute atomic E-state index is 13.3. The van der Waals surface area contributed by atoms with Crippen LogP contribution in [-0.2, 0) is 0 Å². The van der Waals surface area contributed by atoms with Gasteiger partial charge in [-0.1, -0.05) is 13.8 Å². The summed E-state index contributed by atoms with van der Waals surface area (Å²) in [7, 11) is 0. The van der Waals surface area contributed by atoms with Crippen molar-refractivity contribution in [3.05, 3.63) is 33.6 Å². The summed E-state index contributed by atoms with van der Waals surface area (Å²) in [4.78, 5) is 10.3. The van der Waals surface area contributed by atoms with Gasteiger partial charge in [0.15, 0.2) is 0 Å². The molecule has 5 heteroatoms. The van der Waals surface area contributed by atoms with E-state index in [-0.39, 0.29) is 5.69 Å². The molecular weight excluding hydrogens is 235 g/mol. The Balaban J connectivity index is 2.16. The first-order valence-corrected chi connectivity index (χ1v) is 5.99. The zero-order valence-corrected chi connectivity index (χ0v) is 10.8. The van der Waals surface area contributed by atoms with Crippen molar-refractivity contribution >= 4 is 11.4 Å². The van der Waals surface area contributed by atoms with E-state index in [0.29, 0.717) is 29.1 Å². The minimum Gasteiger partial charge on any atom is -0.379 e. The molecule has 0 aromatic heterocycles. The fraction of sp³-hybridized carbons (Fsp3) is 0.538. The number of aryl methyl sites for hydroxylation is 1. The highest BCUT2D eigenvalue weighted by Gasteiger charge is 2.45. The van der Waals surface area contributed by atoms with Gasteiger partial charge in [-0.3, -0.25) is 10.1 Å². The first-order chi connectivity index (χ1) is 8.31. The lowest BCUT2D eigenvalue weighted by Crippen LogP contribution is -2.09. The molecule has 1 aliphatic carbocycles. The van der Waals surface area contributed by atoms with Crippen LogP contribution in [0, 0.1) is 34.2 Å². The van der Waals surface area contributed by atoms with Crippen LogP contribution < -0.4 is 5.32 Å². The Morgan fingerprint density at radius 2 is 2.17 bits per heavy atom. The molecule has 1 unspecified atom stereocenters. The third kappa shape index (κ3) is 2.44. The Labute approximate surface area is 105 Å². The number of nitrogens with zero attached hydrogens (tertiary/aromatic N) is 1. The molecule has 18 heavy (non-hydrogen) atoms. The first kappa shape index (κ1) is 12.8. The van der Waals surface area contributed by atoms with Crippen LogP contribution in [0.3, 0.4) is 0 Å². The van der Waals surface area contributed by atoms with Gasteiger partial charge in [0.05, 0.1) is 11.0 Å². The van der Waals surface area contributed by atoms with Crippen molar-refractivity contribution < 1.29 is 9.31 Å². The molecule has 4 nitrogen and oxygen atoms in total. The second-order valence-corrected chi connectivity index (χ2v) is 5.65. The lowest BCUT2D eigenvalue weighted by Gasteiger charge is -2.09. The molecule has 0 aliphatic heterocycles. The van der Waals surface area contributed by atoms with Gasteiger partial charge >= 0.3 is 0 Å². The van der Waals surface area contributed by atoms with Crippen LogP contribution in [0.5, 0.6) is 0 Å². The predicted molar refractivity (Wildman–Crippen MR) is 68.2 cm³/mol. The summed E-state index contributed by atoms with van der Waals surface area (Å²) in [6, 6.07) is 2.48. The van der Waals surface area contributed by atoms with E-state index in [1.165, 1.54) is 6.07 Å². The minimum atomic E-state index is -0.553. The van der Waals surface area contributed by atoms with Gasteiger partial charge in [-0.15, -0.1) is 0 Å². The Kier molecular flexibility index (Phi) is 3.00. The van der Waals surface area contributed by atoms with Crippen molar-refractivity contribution in [3.63, 3.8) is 0 Å². The largest absolute Gasteiger partial charge is 0.379 e. The summed E-state index contributed by atoms with van der Waals surface area (Å²) in [5.41, 5.74) is 0.938. The molecule has 1 N–H and O–H groups in total.